The molecule has 0 spiro atoms. The lowest BCUT2D eigenvalue weighted by Gasteiger charge is -2.31. The molecular formula is C17H24N4O3. The zero-order valence-corrected chi connectivity index (χ0v) is 14.2. The lowest BCUT2D eigenvalue weighted by atomic mass is 9.98. The summed E-state index contributed by atoms with van der Waals surface area (Å²) in [4.78, 5) is 14.3. The molecule has 7 heteroatoms. The largest absolute Gasteiger partial charge is 0.364 e. The lowest BCUT2D eigenvalue weighted by molar-refractivity contribution is 0.0918. The van der Waals surface area contributed by atoms with Gasteiger partial charge in [0.05, 0.1) is 12.2 Å². The summed E-state index contributed by atoms with van der Waals surface area (Å²) in [7, 11) is 0. The van der Waals surface area contributed by atoms with Gasteiger partial charge in [0.1, 0.15) is 6.26 Å². The molecule has 1 aliphatic heterocycles. The molecule has 0 saturated carbocycles. The maximum Gasteiger partial charge on any atom is 0.273 e. The molecule has 130 valence electrons. The highest BCUT2D eigenvalue weighted by Crippen LogP contribution is 2.20. The first-order valence-electron chi connectivity index (χ1n) is 8.48. The second-order valence-corrected chi connectivity index (χ2v) is 6.71. The zero-order valence-electron chi connectivity index (χ0n) is 14.2. The number of aromatic nitrogens is 2. The van der Waals surface area contributed by atoms with Gasteiger partial charge in [-0.3, -0.25) is 9.69 Å². The Kier molecular flexibility index (Phi) is 5.30. The number of nitrogens with zero attached hydrogens (tertiary/aromatic N) is 3. The van der Waals surface area contributed by atoms with Gasteiger partial charge < -0.3 is 14.4 Å². The fourth-order valence-electron chi connectivity index (χ4n) is 3.01. The molecule has 2 aromatic rings. The van der Waals surface area contributed by atoms with E-state index in [4.69, 9.17) is 9.05 Å². The minimum atomic E-state index is -0.183. The molecular weight excluding hydrogens is 308 g/mol. The molecule has 24 heavy (non-hydrogen) atoms. The number of nitrogens with one attached hydrogen (secondary N) is 1. The number of hydrogen-bond acceptors (Lipinski definition) is 6. The number of carbonyl (C=O) groups is 1. The molecule has 0 unspecified atom stereocenters. The van der Waals surface area contributed by atoms with E-state index >= 15 is 0 Å². The maximum absolute atomic E-state index is 11.9. The van der Waals surface area contributed by atoms with Crippen molar-refractivity contribution in [2.24, 2.45) is 5.92 Å². The topological polar surface area (TPSA) is 84.4 Å². The average molecular weight is 332 g/mol. The lowest BCUT2D eigenvalue weighted by Crippen LogP contribution is -2.40. The van der Waals surface area contributed by atoms with Gasteiger partial charge in [0, 0.05) is 25.2 Å². The van der Waals surface area contributed by atoms with Crippen LogP contribution in [0.15, 0.2) is 27.4 Å². The van der Waals surface area contributed by atoms with Crippen LogP contribution in [0.2, 0.25) is 0 Å². The molecule has 0 aliphatic carbocycles. The number of carbonyl (C=O) groups excluding carboxylic acids is 1. The molecule has 0 radical (unpaired) electrons. The summed E-state index contributed by atoms with van der Waals surface area (Å²) >= 11 is 0. The van der Waals surface area contributed by atoms with Crippen LogP contribution in [0.3, 0.4) is 0 Å². The van der Waals surface area contributed by atoms with Crippen LogP contribution in [0.4, 0.5) is 0 Å². The van der Waals surface area contributed by atoms with Gasteiger partial charge in [0.2, 0.25) is 0 Å². The van der Waals surface area contributed by atoms with Gasteiger partial charge in [-0.2, -0.15) is 0 Å². The van der Waals surface area contributed by atoms with Crippen LogP contribution in [0.1, 0.15) is 54.5 Å². The first-order valence-corrected chi connectivity index (χ1v) is 8.48. The first-order chi connectivity index (χ1) is 11.6. The van der Waals surface area contributed by atoms with Crippen molar-refractivity contribution in [1.29, 1.82) is 0 Å². The molecule has 7 nitrogen and oxygen atoms in total. The molecule has 1 amide bonds. The SMILES string of the molecule is CC(C)c1cc(CN2CCC[C@H](CNC(=O)c3ccon3)C2)on1. The van der Waals surface area contributed by atoms with E-state index in [1.165, 1.54) is 6.26 Å². The smallest absolute Gasteiger partial charge is 0.273 e. The van der Waals surface area contributed by atoms with Crippen LogP contribution < -0.4 is 5.32 Å². The van der Waals surface area contributed by atoms with Crippen molar-refractivity contribution in [2.75, 3.05) is 19.6 Å². The fourth-order valence-corrected chi connectivity index (χ4v) is 3.01. The van der Waals surface area contributed by atoms with E-state index in [-0.39, 0.29) is 5.91 Å². The second-order valence-electron chi connectivity index (χ2n) is 6.71. The molecule has 0 aromatic carbocycles. The molecule has 3 rings (SSSR count). The van der Waals surface area contributed by atoms with Gasteiger partial charge in [-0.25, -0.2) is 0 Å². The predicted octanol–water partition coefficient (Wildman–Crippen LogP) is 2.43. The summed E-state index contributed by atoms with van der Waals surface area (Å²) in [5.41, 5.74) is 1.32. The van der Waals surface area contributed by atoms with Crippen molar-refractivity contribution in [3.05, 3.63) is 35.5 Å². The Balaban J connectivity index is 1.48. The highest BCUT2D eigenvalue weighted by Gasteiger charge is 2.22. The molecule has 1 N–H and O–H groups in total. The van der Waals surface area contributed by atoms with E-state index < -0.39 is 0 Å². The van der Waals surface area contributed by atoms with E-state index in [2.05, 4.69) is 34.4 Å². The molecule has 0 bridgehead atoms. The molecule has 1 saturated heterocycles. The Labute approximate surface area is 141 Å². The Morgan fingerprint density at radius 3 is 3.04 bits per heavy atom. The third-order valence-electron chi connectivity index (χ3n) is 4.37. The molecule has 2 aromatic heterocycles. The van der Waals surface area contributed by atoms with Crippen molar-refractivity contribution in [3.63, 3.8) is 0 Å². The third-order valence-corrected chi connectivity index (χ3v) is 4.37. The number of rotatable bonds is 6. The van der Waals surface area contributed by atoms with Crippen LogP contribution in [0, 0.1) is 5.92 Å². The van der Waals surface area contributed by atoms with E-state index in [0.29, 0.717) is 24.1 Å². The van der Waals surface area contributed by atoms with Crippen LogP contribution in [-0.4, -0.2) is 40.8 Å². The van der Waals surface area contributed by atoms with Gasteiger partial charge in [-0.1, -0.05) is 24.2 Å². The highest BCUT2D eigenvalue weighted by atomic mass is 16.5. The van der Waals surface area contributed by atoms with E-state index in [0.717, 1.165) is 43.9 Å². The summed E-state index contributed by atoms with van der Waals surface area (Å²) < 4.78 is 10.1. The van der Waals surface area contributed by atoms with Crippen molar-refractivity contribution in [3.8, 4) is 0 Å². The van der Waals surface area contributed by atoms with Gasteiger partial charge in [0.15, 0.2) is 11.5 Å². The van der Waals surface area contributed by atoms with Crippen LogP contribution >= 0.6 is 0 Å². The first kappa shape index (κ1) is 16.7. The minimum Gasteiger partial charge on any atom is -0.364 e. The summed E-state index contributed by atoms with van der Waals surface area (Å²) in [6.07, 6.45) is 3.64. The summed E-state index contributed by atoms with van der Waals surface area (Å²) in [5.74, 6) is 1.54. The minimum absolute atomic E-state index is 0.183. The van der Waals surface area contributed by atoms with Crippen molar-refractivity contribution >= 4 is 5.91 Å². The zero-order chi connectivity index (χ0) is 16.9. The van der Waals surface area contributed by atoms with Crippen molar-refractivity contribution in [1.82, 2.24) is 20.5 Å². The van der Waals surface area contributed by atoms with Crippen LogP contribution in [0.5, 0.6) is 0 Å². The number of piperidine rings is 1. The van der Waals surface area contributed by atoms with Gasteiger partial charge in [-0.05, 0) is 31.2 Å². The second kappa shape index (κ2) is 7.61. The van der Waals surface area contributed by atoms with Gasteiger partial charge >= 0.3 is 0 Å². The number of hydrogen-bond donors (Lipinski definition) is 1. The normalized spacial score (nSPS) is 18.9. The van der Waals surface area contributed by atoms with E-state index in [1.807, 2.05) is 6.07 Å². The molecule has 3 heterocycles. The maximum atomic E-state index is 11.9. The number of likely N-dealkylation sites (tertiary alicyclic amines) is 1. The molecule has 1 atom stereocenters. The van der Waals surface area contributed by atoms with Gasteiger partial charge in [-0.15, -0.1) is 0 Å². The Morgan fingerprint density at radius 1 is 1.46 bits per heavy atom. The van der Waals surface area contributed by atoms with Gasteiger partial charge in [0.25, 0.3) is 5.91 Å². The summed E-state index contributed by atoms with van der Waals surface area (Å²) in [6.45, 7) is 7.62. The van der Waals surface area contributed by atoms with Crippen molar-refractivity contribution < 1.29 is 13.8 Å². The average Bonchev–Trinajstić information content (AvgIpc) is 3.24. The quantitative estimate of drug-likeness (QED) is 0.874. The number of amides is 1. The predicted molar refractivity (Wildman–Crippen MR) is 87.4 cm³/mol. The summed E-state index contributed by atoms with van der Waals surface area (Å²) in [6, 6.07) is 3.61. The Bertz CT molecular complexity index is 651. The third kappa shape index (κ3) is 4.23. The molecule has 1 fully saturated rings. The van der Waals surface area contributed by atoms with E-state index in [1.54, 1.807) is 6.07 Å². The van der Waals surface area contributed by atoms with E-state index in [9.17, 15) is 4.79 Å². The standard InChI is InChI=1S/C17H24N4O3/c1-12(2)16-8-14(24-20-16)11-21-6-3-4-13(10-21)9-18-17(22)15-5-7-23-19-15/h5,7-8,12-13H,3-4,6,9-11H2,1-2H3,(H,18,22)/t13-/m1/s1. The monoisotopic (exact) mass is 332 g/mol. The van der Waals surface area contributed by atoms with Crippen LogP contribution in [0.25, 0.3) is 0 Å². The van der Waals surface area contributed by atoms with Crippen LogP contribution in [-0.2, 0) is 6.54 Å². The highest BCUT2D eigenvalue weighted by molar-refractivity contribution is 5.91. The Hall–Kier alpha value is -2.15. The Morgan fingerprint density at radius 2 is 2.33 bits per heavy atom. The summed E-state index contributed by atoms with van der Waals surface area (Å²) in [5, 5.41) is 10.7. The fraction of sp³-hybridized carbons (Fsp3) is 0.588. The molecule has 1 aliphatic rings. The van der Waals surface area contributed by atoms with Crippen molar-refractivity contribution in [2.45, 2.75) is 39.2 Å².